The van der Waals surface area contributed by atoms with E-state index in [1.807, 2.05) is 0 Å². The molecule has 5 unspecified atom stereocenters. The molecule has 0 radical (unpaired) electrons. The van der Waals surface area contributed by atoms with E-state index < -0.39 is 0 Å². The van der Waals surface area contributed by atoms with Crippen molar-refractivity contribution in [1.82, 2.24) is 5.32 Å². The van der Waals surface area contributed by atoms with Gasteiger partial charge < -0.3 is 14.9 Å². The summed E-state index contributed by atoms with van der Waals surface area (Å²) in [6.07, 6.45) is 11.9. The first-order valence-corrected chi connectivity index (χ1v) is 12.7. The van der Waals surface area contributed by atoms with Crippen LogP contribution in [0.25, 0.3) is 0 Å². The SMILES string of the molecule is C=C1CCC2C3CCC4CC(=NOC5CCNC5)CC[C@]4(COC(C)=O)C3CC[C@]12C. The number of allylic oxidation sites excluding steroid dienone is 1. The zero-order valence-corrected chi connectivity index (χ0v) is 19.5. The molecular formula is C26H40N2O3. The molecule has 1 heterocycles. The van der Waals surface area contributed by atoms with Gasteiger partial charge in [0.1, 0.15) is 6.10 Å². The molecule has 1 saturated heterocycles. The second-order valence-electron chi connectivity index (χ2n) is 11.3. The lowest BCUT2D eigenvalue weighted by Crippen LogP contribution is -2.56. The molecule has 0 aromatic carbocycles. The van der Waals surface area contributed by atoms with Crippen molar-refractivity contribution in [2.75, 3.05) is 19.7 Å². The van der Waals surface area contributed by atoms with Crippen LogP contribution < -0.4 is 5.32 Å². The molecule has 5 fully saturated rings. The second kappa shape index (κ2) is 8.20. The highest BCUT2D eigenvalue weighted by atomic mass is 16.6. The Balaban J connectivity index is 1.37. The van der Waals surface area contributed by atoms with Gasteiger partial charge in [-0.15, -0.1) is 0 Å². The van der Waals surface area contributed by atoms with Gasteiger partial charge in [0.05, 0.1) is 12.3 Å². The number of esters is 1. The van der Waals surface area contributed by atoms with Gasteiger partial charge in [0, 0.05) is 25.3 Å². The number of ether oxygens (including phenoxy) is 1. The van der Waals surface area contributed by atoms with Gasteiger partial charge in [0.25, 0.3) is 0 Å². The van der Waals surface area contributed by atoms with Crippen molar-refractivity contribution in [3.63, 3.8) is 0 Å². The van der Waals surface area contributed by atoms with E-state index in [1.165, 1.54) is 49.8 Å². The summed E-state index contributed by atoms with van der Waals surface area (Å²) in [6, 6.07) is 0. The van der Waals surface area contributed by atoms with Crippen LogP contribution in [-0.2, 0) is 14.4 Å². The summed E-state index contributed by atoms with van der Waals surface area (Å²) in [4.78, 5) is 17.7. The summed E-state index contributed by atoms with van der Waals surface area (Å²) < 4.78 is 5.79. The van der Waals surface area contributed by atoms with Crippen molar-refractivity contribution >= 4 is 11.7 Å². The zero-order valence-electron chi connectivity index (χ0n) is 19.5. The monoisotopic (exact) mass is 428 g/mol. The summed E-state index contributed by atoms with van der Waals surface area (Å²) >= 11 is 0. The van der Waals surface area contributed by atoms with Gasteiger partial charge in [-0.05, 0) is 93.4 Å². The van der Waals surface area contributed by atoms with Gasteiger partial charge in [-0.25, -0.2) is 0 Å². The Kier molecular flexibility index (Phi) is 5.69. The summed E-state index contributed by atoms with van der Waals surface area (Å²) in [5.74, 6) is 2.60. The fourth-order valence-corrected chi connectivity index (χ4v) is 8.24. The molecule has 1 N–H and O–H groups in total. The van der Waals surface area contributed by atoms with E-state index in [4.69, 9.17) is 9.57 Å². The third-order valence-corrected chi connectivity index (χ3v) is 10.0. The lowest BCUT2D eigenvalue weighted by molar-refractivity contribution is -0.161. The quantitative estimate of drug-likeness (QED) is 0.394. The Labute approximate surface area is 187 Å². The van der Waals surface area contributed by atoms with Gasteiger partial charge in [-0.2, -0.15) is 0 Å². The molecule has 0 amide bonds. The Bertz CT molecular complexity index is 758. The van der Waals surface area contributed by atoms with E-state index in [-0.39, 0.29) is 17.5 Å². The maximum absolute atomic E-state index is 11.8. The maximum Gasteiger partial charge on any atom is 0.302 e. The molecule has 4 saturated carbocycles. The molecule has 31 heavy (non-hydrogen) atoms. The fraction of sp³-hybridized carbons (Fsp3) is 0.846. The minimum atomic E-state index is -0.137. The minimum absolute atomic E-state index is 0.119. The normalized spacial score (nSPS) is 45.7. The first-order chi connectivity index (χ1) is 14.9. The van der Waals surface area contributed by atoms with Crippen molar-refractivity contribution in [3.8, 4) is 0 Å². The molecule has 5 heteroatoms. The summed E-state index contributed by atoms with van der Waals surface area (Å²) in [6.45, 7) is 11.0. The molecule has 0 aromatic rings. The van der Waals surface area contributed by atoms with Crippen LogP contribution in [-0.4, -0.2) is 37.5 Å². The van der Waals surface area contributed by atoms with Crippen molar-refractivity contribution in [2.24, 2.45) is 39.7 Å². The second-order valence-corrected chi connectivity index (χ2v) is 11.3. The predicted octanol–water partition coefficient (Wildman–Crippen LogP) is 4.86. The highest BCUT2D eigenvalue weighted by Gasteiger charge is 2.60. The zero-order chi connectivity index (χ0) is 21.6. The van der Waals surface area contributed by atoms with Gasteiger partial charge in [0.15, 0.2) is 0 Å². The first kappa shape index (κ1) is 21.5. The minimum Gasteiger partial charge on any atom is -0.465 e. The Hall–Kier alpha value is -1.36. The van der Waals surface area contributed by atoms with Crippen LogP contribution in [0.15, 0.2) is 17.3 Å². The standard InChI is InChI=1S/C26H40N2O3/c1-17-4-7-23-22-6-5-19-14-20(28-31-21-10-13-27-15-21)8-12-26(19,16-30-18(2)29)24(22)9-11-25(17,23)3/h19,21-24,27H,1,4-16H2,2-3H3/t19?,21?,22?,23?,24?,25-,26-/m1/s1. The fourth-order valence-electron chi connectivity index (χ4n) is 8.24. The molecule has 4 aliphatic carbocycles. The molecule has 5 nitrogen and oxygen atoms in total. The number of carbonyl (C=O) groups excluding carboxylic acids is 1. The number of hydrogen-bond donors (Lipinski definition) is 1. The molecule has 5 rings (SSSR count). The average molecular weight is 429 g/mol. The molecule has 0 aromatic heterocycles. The van der Waals surface area contributed by atoms with Gasteiger partial charge in [-0.3, -0.25) is 4.79 Å². The van der Waals surface area contributed by atoms with Gasteiger partial charge in [0.2, 0.25) is 0 Å². The molecule has 7 atom stereocenters. The van der Waals surface area contributed by atoms with Crippen molar-refractivity contribution in [3.05, 3.63) is 12.2 Å². The number of hydrogen-bond acceptors (Lipinski definition) is 5. The van der Waals surface area contributed by atoms with Gasteiger partial charge >= 0.3 is 5.97 Å². The van der Waals surface area contributed by atoms with E-state index in [9.17, 15) is 4.79 Å². The van der Waals surface area contributed by atoms with Gasteiger partial charge in [-0.1, -0.05) is 24.2 Å². The van der Waals surface area contributed by atoms with Crippen LogP contribution in [0.4, 0.5) is 0 Å². The lowest BCUT2D eigenvalue weighted by atomic mass is 9.44. The van der Waals surface area contributed by atoms with Crippen LogP contribution in [0, 0.1) is 34.5 Å². The maximum atomic E-state index is 11.8. The van der Waals surface area contributed by atoms with E-state index >= 15 is 0 Å². The van der Waals surface area contributed by atoms with E-state index in [2.05, 4.69) is 24.0 Å². The topological polar surface area (TPSA) is 59.9 Å². The van der Waals surface area contributed by atoms with E-state index in [1.54, 1.807) is 6.92 Å². The largest absolute Gasteiger partial charge is 0.465 e. The summed E-state index contributed by atoms with van der Waals surface area (Å²) in [5.41, 5.74) is 3.17. The van der Waals surface area contributed by atoms with Crippen LogP contribution in [0.3, 0.4) is 0 Å². The van der Waals surface area contributed by atoms with Crippen LogP contribution in [0.5, 0.6) is 0 Å². The first-order valence-electron chi connectivity index (χ1n) is 12.7. The van der Waals surface area contributed by atoms with Crippen molar-refractivity contribution < 1.29 is 14.4 Å². The molecule has 0 bridgehead atoms. The highest BCUT2D eigenvalue weighted by Crippen LogP contribution is 2.67. The van der Waals surface area contributed by atoms with Crippen LogP contribution in [0.2, 0.25) is 0 Å². The number of nitrogens with zero attached hydrogens (tertiary/aromatic N) is 1. The summed E-state index contributed by atoms with van der Waals surface area (Å²) in [7, 11) is 0. The smallest absolute Gasteiger partial charge is 0.302 e. The van der Waals surface area contributed by atoms with Crippen molar-refractivity contribution in [2.45, 2.75) is 84.2 Å². The molecule has 172 valence electrons. The molecule has 0 spiro atoms. The molecular weight excluding hydrogens is 388 g/mol. The number of fused-ring (bicyclic) bond motifs is 5. The predicted molar refractivity (Wildman–Crippen MR) is 122 cm³/mol. The van der Waals surface area contributed by atoms with Crippen LogP contribution in [0.1, 0.15) is 78.1 Å². The third-order valence-electron chi connectivity index (χ3n) is 10.0. The van der Waals surface area contributed by atoms with Crippen molar-refractivity contribution in [1.29, 1.82) is 0 Å². The van der Waals surface area contributed by atoms with E-state index in [0.717, 1.165) is 50.6 Å². The number of carbonyl (C=O) groups is 1. The lowest BCUT2D eigenvalue weighted by Gasteiger charge is -2.60. The summed E-state index contributed by atoms with van der Waals surface area (Å²) in [5, 5.41) is 7.96. The molecule has 1 aliphatic heterocycles. The number of nitrogens with one attached hydrogen (secondary N) is 1. The Morgan fingerprint density at radius 2 is 2.03 bits per heavy atom. The number of oxime groups is 1. The van der Waals surface area contributed by atoms with E-state index in [0.29, 0.717) is 23.9 Å². The Morgan fingerprint density at radius 3 is 2.81 bits per heavy atom. The average Bonchev–Trinajstić information content (AvgIpc) is 3.38. The molecule has 5 aliphatic rings. The highest BCUT2D eigenvalue weighted by molar-refractivity contribution is 5.85. The van der Waals surface area contributed by atoms with Crippen LogP contribution >= 0.6 is 0 Å². The Morgan fingerprint density at radius 1 is 1.16 bits per heavy atom. The third kappa shape index (κ3) is 3.65. The number of rotatable bonds is 4.